The average Bonchev–Trinajstić information content (AvgIpc) is 2.76. The Morgan fingerprint density at radius 2 is 1.50 bits per heavy atom. The SMILES string of the molecule is Cc1csc(C)[n+]1-c1cccc2ccccc12.[O-][Cl+3]([O-])([O-])[O-]. The molecule has 5 nitrogen and oxygen atoms in total. The van der Waals surface area contributed by atoms with Crippen LogP contribution < -0.4 is 23.2 Å². The third-order valence-corrected chi connectivity index (χ3v) is 4.06. The average molecular weight is 340 g/mol. The van der Waals surface area contributed by atoms with Crippen LogP contribution in [0.4, 0.5) is 0 Å². The Labute approximate surface area is 134 Å². The summed E-state index contributed by atoms with van der Waals surface area (Å²) in [5, 5.41) is 6.13. The summed E-state index contributed by atoms with van der Waals surface area (Å²) in [5.41, 5.74) is 2.57. The van der Waals surface area contributed by atoms with Gasteiger partial charge in [-0.3, -0.25) is 0 Å². The van der Waals surface area contributed by atoms with Gasteiger partial charge in [0.15, 0.2) is 5.69 Å². The van der Waals surface area contributed by atoms with Crippen molar-refractivity contribution in [2.45, 2.75) is 13.8 Å². The number of rotatable bonds is 1. The molecular weight excluding hydrogens is 326 g/mol. The normalized spacial score (nSPS) is 11.2. The third-order valence-electron chi connectivity index (χ3n) is 3.08. The maximum Gasteiger partial charge on any atom is 0.240 e. The fourth-order valence-electron chi connectivity index (χ4n) is 2.29. The number of hydrogen-bond donors (Lipinski definition) is 0. The van der Waals surface area contributed by atoms with Crippen molar-refractivity contribution in [3.63, 3.8) is 0 Å². The standard InChI is InChI=1S/C15H14NS.ClHO4/c1-11-10-17-12(2)16(11)15-9-5-7-13-6-3-4-8-14(13)15;2-1(3,4)5/h3-10H,1-2H3;(H,2,3,4,5)/q+1;/p-1. The molecule has 0 saturated carbocycles. The fraction of sp³-hybridized carbons (Fsp3) is 0.133. The first-order valence-corrected chi connectivity index (χ1v) is 8.45. The topological polar surface area (TPSA) is 96.1 Å². The first kappa shape index (κ1) is 16.8. The van der Waals surface area contributed by atoms with Gasteiger partial charge < -0.3 is 0 Å². The number of aryl methyl sites for hydroxylation is 2. The summed E-state index contributed by atoms with van der Waals surface area (Å²) in [7, 11) is -4.94. The van der Waals surface area contributed by atoms with E-state index < -0.39 is 10.2 Å². The monoisotopic (exact) mass is 339 g/mol. The van der Waals surface area contributed by atoms with Gasteiger partial charge in [0.25, 0.3) is 0 Å². The first-order chi connectivity index (χ1) is 10.3. The van der Waals surface area contributed by atoms with E-state index in [1.165, 1.54) is 27.2 Å². The summed E-state index contributed by atoms with van der Waals surface area (Å²) in [6.07, 6.45) is 0. The van der Waals surface area contributed by atoms with Gasteiger partial charge in [0, 0.05) is 19.9 Å². The number of benzene rings is 2. The smallest absolute Gasteiger partial charge is 0.222 e. The van der Waals surface area contributed by atoms with Crippen LogP contribution in [0.5, 0.6) is 0 Å². The highest BCUT2D eigenvalue weighted by molar-refractivity contribution is 7.09. The van der Waals surface area contributed by atoms with Gasteiger partial charge in [-0.05, 0) is 11.5 Å². The van der Waals surface area contributed by atoms with Crippen molar-refractivity contribution >= 4 is 22.1 Å². The molecule has 3 rings (SSSR count). The van der Waals surface area contributed by atoms with Crippen LogP contribution in [-0.4, -0.2) is 0 Å². The van der Waals surface area contributed by atoms with Crippen LogP contribution >= 0.6 is 11.3 Å². The minimum atomic E-state index is -4.94. The second-order valence-corrected chi connectivity index (χ2v) is 6.43. The fourth-order valence-corrected chi connectivity index (χ4v) is 3.08. The predicted octanol–water partition coefficient (Wildman–Crippen LogP) is -0.961. The molecule has 0 unspecified atom stereocenters. The van der Waals surface area contributed by atoms with Crippen molar-refractivity contribution in [3.05, 3.63) is 58.5 Å². The van der Waals surface area contributed by atoms with Gasteiger partial charge in [0.1, 0.15) is 0 Å². The number of aromatic nitrogens is 1. The molecule has 0 aliphatic carbocycles. The summed E-state index contributed by atoms with van der Waals surface area (Å²) in [6, 6.07) is 15.0. The van der Waals surface area contributed by atoms with Gasteiger partial charge in [-0.1, -0.05) is 41.7 Å². The Morgan fingerprint density at radius 1 is 0.909 bits per heavy atom. The van der Waals surface area contributed by atoms with E-state index in [9.17, 15) is 0 Å². The minimum Gasteiger partial charge on any atom is -0.222 e. The molecule has 116 valence electrons. The van der Waals surface area contributed by atoms with E-state index in [4.69, 9.17) is 18.6 Å². The Hall–Kier alpha value is -1.54. The van der Waals surface area contributed by atoms with Crippen LogP contribution in [0.1, 0.15) is 10.7 Å². The molecule has 0 atom stereocenters. The highest BCUT2D eigenvalue weighted by Gasteiger charge is 2.18. The molecule has 1 aromatic heterocycles. The molecular formula is C15H14ClNO4S. The van der Waals surface area contributed by atoms with Crippen molar-refractivity contribution < 1.29 is 33.4 Å². The molecule has 0 N–H and O–H groups in total. The van der Waals surface area contributed by atoms with Crippen LogP contribution in [0.25, 0.3) is 16.5 Å². The van der Waals surface area contributed by atoms with Gasteiger partial charge in [0.05, 0.1) is 10.8 Å². The van der Waals surface area contributed by atoms with Crippen LogP contribution in [0.3, 0.4) is 0 Å². The van der Waals surface area contributed by atoms with Crippen molar-refractivity contribution in [2.75, 3.05) is 0 Å². The molecule has 2 aromatic carbocycles. The minimum absolute atomic E-state index is 1.28. The summed E-state index contributed by atoms with van der Waals surface area (Å²) >= 11 is 1.80. The van der Waals surface area contributed by atoms with E-state index in [0.29, 0.717) is 0 Å². The Kier molecular flexibility index (Phi) is 5.12. The number of hydrogen-bond acceptors (Lipinski definition) is 5. The molecule has 0 radical (unpaired) electrons. The van der Waals surface area contributed by atoms with Crippen molar-refractivity contribution in [2.24, 2.45) is 0 Å². The van der Waals surface area contributed by atoms with E-state index >= 15 is 0 Å². The third kappa shape index (κ3) is 4.23. The lowest BCUT2D eigenvalue weighted by molar-refractivity contribution is -2.00. The van der Waals surface area contributed by atoms with E-state index in [1.54, 1.807) is 11.3 Å². The maximum atomic E-state index is 8.49. The number of fused-ring (bicyclic) bond motifs is 1. The number of halogens is 1. The molecule has 0 saturated heterocycles. The highest BCUT2D eigenvalue weighted by Crippen LogP contribution is 2.20. The van der Waals surface area contributed by atoms with E-state index in [2.05, 4.69) is 66.3 Å². The zero-order valence-corrected chi connectivity index (χ0v) is 13.6. The lowest BCUT2D eigenvalue weighted by Crippen LogP contribution is -2.68. The number of thiazole rings is 1. The molecule has 0 aliphatic rings. The van der Waals surface area contributed by atoms with Gasteiger partial charge in [0.2, 0.25) is 10.7 Å². The Morgan fingerprint density at radius 3 is 2.09 bits per heavy atom. The zero-order chi connectivity index (χ0) is 16.3. The predicted molar refractivity (Wildman–Crippen MR) is 72.8 cm³/mol. The van der Waals surface area contributed by atoms with Crippen molar-refractivity contribution in [1.29, 1.82) is 0 Å². The molecule has 0 fully saturated rings. The zero-order valence-electron chi connectivity index (χ0n) is 12.0. The molecule has 0 aliphatic heterocycles. The summed E-state index contributed by atoms with van der Waals surface area (Å²) < 4.78 is 36.3. The molecule has 0 amide bonds. The van der Waals surface area contributed by atoms with Crippen molar-refractivity contribution in [3.8, 4) is 5.69 Å². The quantitative estimate of drug-likeness (QED) is 0.533. The van der Waals surface area contributed by atoms with Gasteiger partial charge in [-0.2, -0.15) is 4.57 Å². The van der Waals surface area contributed by atoms with Crippen LogP contribution in [0.15, 0.2) is 47.8 Å². The second-order valence-electron chi connectivity index (χ2n) is 4.61. The lowest BCUT2D eigenvalue weighted by Gasteiger charge is -2.17. The molecule has 1 heterocycles. The van der Waals surface area contributed by atoms with Crippen molar-refractivity contribution in [1.82, 2.24) is 0 Å². The summed E-state index contributed by atoms with van der Waals surface area (Å²) in [4.78, 5) is 0. The summed E-state index contributed by atoms with van der Waals surface area (Å²) in [5.74, 6) is 0. The summed E-state index contributed by atoms with van der Waals surface area (Å²) in [6.45, 7) is 4.32. The highest BCUT2D eigenvalue weighted by atomic mass is 35.7. The molecule has 0 bridgehead atoms. The molecule has 0 spiro atoms. The van der Waals surface area contributed by atoms with Gasteiger partial charge >= 0.3 is 0 Å². The van der Waals surface area contributed by atoms with Gasteiger partial charge in [-0.25, -0.2) is 18.6 Å². The van der Waals surface area contributed by atoms with E-state index in [1.807, 2.05) is 0 Å². The molecule has 22 heavy (non-hydrogen) atoms. The lowest BCUT2D eigenvalue weighted by atomic mass is 10.1. The first-order valence-electron chi connectivity index (χ1n) is 6.34. The van der Waals surface area contributed by atoms with E-state index in [0.717, 1.165) is 0 Å². The Balaban J connectivity index is 0.000000309. The molecule has 3 aromatic rings. The maximum absolute atomic E-state index is 8.49. The molecule has 7 heteroatoms. The van der Waals surface area contributed by atoms with Gasteiger partial charge in [-0.15, -0.1) is 10.2 Å². The Bertz CT molecular complexity index is 752. The largest absolute Gasteiger partial charge is 0.240 e. The van der Waals surface area contributed by atoms with E-state index in [-0.39, 0.29) is 0 Å². The second kappa shape index (κ2) is 6.70. The number of nitrogens with zero attached hydrogens (tertiary/aromatic N) is 1. The van der Waals surface area contributed by atoms with Crippen LogP contribution in [0, 0.1) is 24.1 Å². The van der Waals surface area contributed by atoms with Crippen LogP contribution in [0.2, 0.25) is 0 Å². The van der Waals surface area contributed by atoms with Crippen LogP contribution in [-0.2, 0) is 0 Å².